The van der Waals surface area contributed by atoms with Crippen molar-refractivity contribution in [1.29, 1.82) is 0 Å². The average Bonchev–Trinajstić information content (AvgIpc) is 2.48. The molecule has 1 heterocycles. The van der Waals surface area contributed by atoms with Gasteiger partial charge in [0.05, 0.1) is 22.8 Å². The summed E-state index contributed by atoms with van der Waals surface area (Å²) in [7, 11) is 0. The summed E-state index contributed by atoms with van der Waals surface area (Å²) in [6.07, 6.45) is 6.14. The molecule has 0 fully saturated rings. The van der Waals surface area contributed by atoms with Crippen LogP contribution in [0.3, 0.4) is 0 Å². The first kappa shape index (κ1) is 13.6. The molecule has 0 saturated heterocycles. The maximum absolute atomic E-state index is 6.13. The lowest BCUT2D eigenvalue weighted by Gasteiger charge is -2.19. The van der Waals surface area contributed by atoms with Crippen LogP contribution in [0, 0.1) is 13.8 Å². The number of hydrogen-bond acceptors (Lipinski definition) is 4. The van der Waals surface area contributed by atoms with Crippen molar-refractivity contribution in [1.82, 2.24) is 0 Å². The third kappa shape index (κ3) is 2.49. The maximum Gasteiger partial charge on any atom is 0.0870 e. The fourth-order valence-corrected chi connectivity index (χ4v) is 2.63. The van der Waals surface area contributed by atoms with Crippen molar-refractivity contribution < 1.29 is 0 Å². The van der Waals surface area contributed by atoms with Crippen LogP contribution in [0.1, 0.15) is 24.0 Å². The van der Waals surface area contributed by atoms with Crippen molar-refractivity contribution in [2.45, 2.75) is 26.7 Å². The first-order valence-corrected chi connectivity index (χ1v) is 7.23. The smallest absolute Gasteiger partial charge is 0.0870 e. The van der Waals surface area contributed by atoms with Crippen LogP contribution in [-0.4, -0.2) is 18.0 Å². The topological polar surface area (TPSA) is 76.8 Å². The highest BCUT2D eigenvalue weighted by Crippen LogP contribution is 2.28. The van der Waals surface area contributed by atoms with Crippen molar-refractivity contribution >= 4 is 22.8 Å². The minimum absolute atomic E-state index is 0.674. The van der Waals surface area contributed by atoms with Crippen molar-refractivity contribution in [3.8, 4) is 0 Å². The van der Waals surface area contributed by atoms with E-state index in [1.54, 1.807) is 0 Å². The lowest BCUT2D eigenvalue weighted by Crippen LogP contribution is -2.21. The van der Waals surface area contributed by atoms with E-state index in [0.29, 0.717) is 5.70 Å². The fourth-order valence-electron chi connectivity index (χ4n) is 2.63. The van der Waals surface area contributed by atoms with Crippen LogP contribution < -0.4 is 11.5 Å². The normalized spacial score (nSPS) is 19.7. The molecule has 4 nitrogen and oxygen atoms in total. The molecule has 1 aromatic carbocycles. The second-order valence-electron chi connectivity index (χ2n) is 5.56. The number of hydrogen-bond donors (Lipinski definition) is 2. The largest absolute Gasteiger partial charge is 0.399 e. The van der Waals surface area contributed by atoms with Gasteiger partial charge in [0.15, 0.2) is 0 Å². The quantitative estimate of drug-likeness (QED) is 0.613. The number of aliphatic imine (C=N–C) groups is 2. The van der Waals surface area contributed by atoms with E-state index in [-0.39, 0.29) is 0 Å². The van der Waals surface area contributed by atoms with E-state index in [2.05, 4.69) is 11.1 Å². The number of benzene rings is 1. The lowest BCUT2D eigenvalue weighted by atomic mass is 9.94. The van der Waals surface area contributed by atoms with Crippen molar-refractivity contribution in [3.63, 3.8) is 0 Å². The molecule has 1 aliphatic heterocycles. The Kier molecular flexibility index (Phi) is 3.37. The van der Waals surface area contributed by atoms with Crippen molar-refractivity contribution in [3.05, 3.63) is 46.7 Å². The summed E-state index contributed by atoms with van der Waals surface area (Å²) in [5, 5.41) is 0. The molecule has 0 bridgehead atoms. The summed E-state index contributed by atoms with van der Waals surface area (Å²) in [5.41, 5.74) is 19.7. The van der Waals surface area contributed by atoms with Gasteiger partial charge in [-0.15, -0.1) is 0 Å². The zero-order valence-electron chi connectivity index (χ0n) is 12.5. The molecule has 3 rings (SSSR count). The van der Waals surface area contributed by atoms with E-state index in [0.717, 1.165) is 53.3 Å². The number of nitrogen functional groups attached to an aromatic ring is 1. The van der Waals surface area contributed by atoms with Gasteiger partial charge in [0, 0.05) is 12.2 Å². The number of fused-ring (bicyclic) bond motifs is 1. The molecule has 0 atom stereocenters. The predicted octanol–water partition coefficient (Wildman–Crippen LogP) is 2.98. The van der Waals surface area contributed by atoms with Crippen LogP contribution >= 0.6 is 0 Å². The molecule has 108 valence electrons. The van der Waals surface area contributed by atoms with Crippen LogP contribution in [0.4, 0.5) is 11.4 Å². The van der Waals surface area contributed by atoms with Gasteiger partial charge in [0.2, 0.25) is 0 Å². The van der Waals surface area contributed by atoms with Gasteiger partial charge in [0.25, 0.3) is 0 Å². The molecule has 4 heteroatoms. The van der Waals surface area contributed by atoms with Gasteiger partial charge in [-0.3, -0.25) is 4.99 Å². The Morgan fingerprint density at radius 1 is 1.10 bits per heavy atom. The second kappa shape index (κ2) is 5.20. The molecule has 2 aliphatic rings. The van der Waals surface area contributed by atoms with E-state index >= 15 is 0 Å². The zero-order valence-corrected chi connectivity index (χ0v) is 12.5. The molecular weight excluding hydrogens is 260 g/mol. The van der Waals surface area contributed by atoms with Crippen LogP contribution in [0.5, 0.6) is 0 Å². The summed E-state index contributed by atoms with van der Waals surface area (Å²) in [6, 6.07) is 3.84. The van der Waals surface area contributed by atoms with Crippen molar-refractivity contribution in [2.75, 3.05) is 12.3 Å². The molecule has 1 aromatic rings. The van der Waals surface area contributed by atoms with E-state index in [1.807, 2.05) is 32.1 Å². The molecule has 0 amide bonds. The molecule has 21 heavy (non-hydrogen) atoms. The third-order valence-electron chi connectivity index (χ3n) is 4.16. The Labute approximate surface area is 125 Å². The van der Waals surface area contributed by atoms with Gasteiger partial charge in [-0.25, -0.2) is 4.99 Å². The monoisotopic (exact) mass is 280 g/mol. The standard InChI is InChI=1S/C17H20N4/c1-10-11(2)15(6-5-13(10)18)21-17-8-12-4-3-7-20-16(12)9-14(17)19/h5-6,8-9H,3-4,7,18-19H2,1-2H3. The second-order valence-corrected chi connectivity index (χ2v) is 5.56. The molecule has 1 aliphatic carbocycles. The van der Waals surface area contributed by atoms with Gasteiger partial charge in [-0.05, 0) is 67.7 Å². The van der Waals surface area contributed by atoms with E-state index in [4.69, 9.17) is 16.5 Å². The predicted molar refractivity (Wildman–Crippen MR) is 89.3 cm³/mol. The minimum atomic E-state index is 0.674. The highest BCUT2D eigenvalue weighted by Gasteiger charge is 2.18. The van der Waals surface area contributed by atoms with Gasteiger partial charge < -0.3 is 11.5 Å². The SMILES string of the molecule is Cc1c(N)ccc(N=C2C=C3CCCN=C3C=C2N)c1C. The first-order chi connectivity index (χ1) is 10.1. The summed E-state index contributed by atoms with van der Waals surface area (Å²) < 4.78 is 0. The Morgan fingerprint density at radius 3 is 2.71 bits per heavy atom. The minimum Gasteiger partial charge on any atom is -0.399 e. The molecule has 0 saturated carbocycles. The van der Waals surface area contributed by atoms with Crippen LogP contribution in [0.25, 0.3) is 0 Å². The lowest BCUT2D eigenvalue weighted by molar-refractivity contribution is 0.816. The number of nitrogens with two attached hydrogens (primary N) is 2. The summed E-state index contributed by atoms with van der Waals surface area (Å²) in [4.78, 5) is 9.24. The maximum atomic E-state index is 6.13. The van der Waals surface area contributed by atoms with E-state index in [1.165, 1.54) is 5.57 Å². The Morgan fingerprint density at radius 2 is 1.90 bits per heavy atom. The van der Waals surface area contributed by atoms with E-state index in [9.17, 15) is 0 Å². The van der Waals surface area contributed by atoms with Crippen LogP contribution in [0.15, 0.2) is 45.5 Å². The van der Waals surface area contributed by atoms with Crippen LogP contribution in [-0.2, 0) is 0 Å². The Bertz CT molecular complexity index is 721. The van der Waals surface area contributed by atoms with Gasteiger partial charge in [0.1, 0.15) is 0 Å². The number of allylic oxidation sites excluding steroid dienone is 3. The summed E-state index contributed by atoms with van der Waals surface area (Å²) in [5.74, 6) is 0. The highest BCUT2D eigenvalue weighted by molar-refractivity contribution is 6.24. The molecule has 0 radical (unpaired) electrons. The molecular formula is C17H20N4. The first-order valence-electron chi connectivity index (χ1n) is 7.23. The van der Waals surface area contributed by atoms with Gasteiger partial charge >= 0.3 is 0 Å². The molecule has 0 aromatic heterocycles. The fraction of sp³-hybridized carbons (Fsp3) is 0.294. The number of anilines is 1. The average molecular weight is 280 g/mol. The molecule has 4 N–H and O–H groups in total. The third-order valence-corrected chi connectivity index (χ3v) is 4.16. The van der Waals surface area contributed by atoms with Gasteiger partial charge in [-0.2, -0.15) is 0 Å². The zero-order chi connectivity index (χ0) is 15.0. The highest BCUT2D eigenvalue weighted by atomic mass is 14.8. The van der Waals surface area contributed by atoms with E-state index < -0.39 is 0 Å². The number of rotatable bonds is 1. The number of nitrogens with zero attached hydrogens (tertiary/aromatic N) is 2. The van der Waals surface area contributed by atoms with Crippen LogP contribution in [0.2, 0.25) is 0 Å². The Hall–Kier alpha value is -2.36. The Balaban J connectivity index is 2.05. The summed E-state index contributed by atoms with van der Waals surface area (Å²) >= 11 is 0. The van der Waals surface area contributed by atoms with Crippen molar-refractivity contribution in [2.24, 2.45) is 15.7 Å². The van der Waals surface area contributed by atoms with Gasteiger partial charge in [-0.1, -0.05) is 0 Å². The summed E-state index contributed by atoms with van der Waals surface area (Å²) in [6.45, 7) is 4.94. The molecule has 0 spiro atoms. The molecule has 0 unspecified atom stereocenters.